The fourth-order valence-electron chi connectivity index (χ4n) is 3.08. The number of benzene rings is 2. The van der Waals surface area contributed by atoms with Crippen LogP contribution in [0.5, 0.6) is 5.75 Å². The monoisotopic (exact) mass is 432 g/mol. The van der Waals surface area contributed by atoms with Crippen LogP contribution >= 0.6 is 0 Å². The number of amides is 2. The number of hydrogen-bond acceptors (Lipinski definition) is 6. The third-order valence-corrected chi connectivity index (χ3v) is 5.39. The van der Waals surface area contributed by atoms with Gasteiger partial charge in [-0.25, -0.2) is 13.6 Å². The van der Waals surface area contributed by atoms with Crippen LogP contribution in [0.1, 0.15) is 13.3 Å². The number of primary sulfonamides is 1. The first-order chi connectivity index (χ1) is 14.3. The first-order valence-electron chi connectivity index (χ1n) is 9.49. The van der Waals surface area contributed by atoms with Crippen molar-refractivity contribution in [1.29, 1.82) is 0 Å². The first kappa shape index (κ1) is 21.6. The number of ether oxygens (including phenoxy) is 1. The number of nitrogens with two attached hydrogens (primary N) is 1. The van der Waals surface area contributed by atoms with Crippen LogP contribution in [0.25, 0.3) is 0 Å². The summed E-state index contributed by atoms with van der Waals surface area (Å²) in [6, 6.07) is 12.9. The second-order valence-electron chi connectivity index (χ2n) is 6.87. The maximum Gasteiger partial charge on any atom is 0.262 e. The van der Waals surface area contributed by atoms with Gasteiger partial charge in [-0.1, -0.05) is 25.1 Å². The van der Waals surface area contributed by atoms with Crippen LogP contribution in [0.3, 0.4) is 0 Å². The second kappa shape index (κ2) is 9.14. The molecule has 0 aliphatic carbocycles. The molecule has 1 unspecified atom stereocenters. The van der Waals surface area contributed by atoms with E-state index in [1.807, 2.05) is 19.1 Å². The number of rotatable bonds is 7. The van der Waals surface area contributed by atoms with Gasteiger partial charge >= 0.3 is 0 Å². The number of sulfonamides is 1. The Morgan fingerprint density at radius 3 is 2.70 bits per heavy atom. The summed E-state index contributed by atoms with van der Waals surface area (Å²) in [5.74, 6) is -0.0898. The van der Waals surface area contributed by atoms with Crippen molar-refractivity contribution in [2.75, 3.05) is 29.9 Å². The minimum absolute atomic E-state index is 0.0441. The van der Waals surface area contributed by atoms with E-state index in [9.17, 15) is 18.0 Å². The van der Waals surface area contributed by atoms with E-state index >= 15 is 0 Å². The summed E-state index contributed by atoms with van der Waals surface area (Å²) in [5, 5.41) is 10.6. The standard InChI is InChI=1S/C20H24N4O5S/c1-2-10-22-20(26)18-12-24(16-8-3-4-9-17(16)29-18)13-19(25)23-14-6-5-7-15(11-14)30(21,27)28/h3-9,11,18H,2,10,12-13H2,1H3,(H,22,26)(H,23,25)(H2,21,27,28). The smallest absolute Gasteiger partial charge is 0.262 e. The molecule has 30 heavy (non-hydrogen) atoms. The van der Waals surface area contributed by atoms with Crippen LogP contribution in [0.4, 0.5) is 11.4 Å². The molecule has 1 atom stereocenters. The number of carbonyl (C=O) groups excluding carboxylic acids is 2. The van der Waals surface area contributed by atoms with Gasteiger partial charge in [0.15, 0.2) is 6.10 Å². The third kappa shape index (κ3) is 5.28. The van der Waals surface area contributed by atoms with E-state index in [2.05, 4.69) is 10.6 Å². The van der Waals surface area contributed by atoms with E-state index in [1.165, 1.54) is 18.2 Å². The van der Waals surface area contributed by atoms with E-state index in [1.54, 1.807) is 23.1 Å². The molecule has 4 N–H and O–H groups in total. The van der Waals surface area contributed by atoms with Crippen molar-refractivity contribution < 1.29 is 22.7 Å². The lowest BCUT2D eigenvalue weighted by atomic mass is 10.1. The molecule has 2 aromatic carbocycles. The van der Waals surface area contributed by atoms with Crippen molar-refractivity contribution in [2.24, 2.45) is 5.14 Å². The minimum atomic E-state index is -3.88. The number of fused-ring (bicyclic) bond motifs is 1. The fourth-order valence-corrected chi connectivity index (χ4v) is 3.64. The molecule has 2 aromatic rings. The number of nitrogens with zero attached hydrogens (tertiary/aromatic N) is 1. The Kier molecular flexibility index (Phi) is 6.58. The number of anilines is 2. The van der Waals surface area contributed by atoms with E-state index in [-0.39, 0.29) is 29.8 Å². The Morgan fingerprint density at radius 1 is 1.20 bits per heavy atom. The van der Waals surface area contributed by atoms with Gasteiger partial charge < -0.3 is 20.3 Å². The predicted octanol–water partition coefficient (Wildman–Crippen LogP) is 1.07. The fraction of sp³-hybridized carbons (Fsp3) is 0.300. The average Bonchev–Trinajstić information content (AvgIpc) is 2.71. The van der Waals surface area contributed by atoms with Gasteiger partial charge in [0, 0.05) is 12.2 Å². The lowest BCUT2D eigenvalue weighted by Gasteiger charge is -2.35. The lowest BCUT2D eigenvalue weighted by Crippen LogP contribution is -2.50. The van der Waals surface area contributed by atoms with Gasteiger partial charge in [-0.05, 0) is 36.8 Å². The van der Waals surface area contributed by atoms with Crippen LogP contribution in [0, 0.1) is 0 Å². The molecule has 1 aliphatic rings. The molecule has 9 nitrogen and oxygen atoms in total. The van der Waals surface area contributed by atoms with Crippen molar-refractivity contribution >= 4 is 33.2 Å². The van der Waals surface area contributed by atoms with E-state index < -0.39 is 16.1 Å². The van der Waals surface area contributed by atoms with Gasteiger partial charge in [-0.2, -0.15) is 0 Å². The van der Waals surface area contributed by atoms with Crippen molar-refractivity contribution in [3.63, 3.8) is 0 Å². The SMILES string of the molecule is CCCNC(=O)C1CN(CC(=O)Nc2cccc(S(N)(=O)=O)c2)c2ccccc2O1. The Bertz CT molecular complexity index is 1040. The Morgan fingerprint density at radius 2 is 1.97 bits per heavy atom. The van der Waals surface area contributed by atoms with E-state index in [0.29, 0.717) is 23.7 Å². The molecule has 0 radical (unpaired) electrons. The molecular formula is C20H24N4O5S. The zero-order valence-electron chi connectivity index (χ0n) is 16.5. The topological polar surface area (TPSA) is 131 Å². The Labute approximate surface area is 175 Å². The summed E-state index contributed by atoms with van der Waals surface area (Å²) < 4.78 is 28.8. The number of hydrogen-bond donors (Lipinski definition) is 3. The number of carbonyl (C=O) groups is 2. The van der Waals surface area contributed by atoms with Crippen LogP contribution in [0.15, 0.2) is 53.4 Å². The second-order valence-corrected chi connectivity index (χ2v) is 8.43. The van der Waals surface area contributed by atoms with Gasteiger partial charge in [0.25, 0.3) is 5.91 Å². The van der Waals surface area contributed by atoms with Gasteiger partial charge in [-0.15, -0.1) is 0 Å². The van der Waals surface area contributed by atoms with Gasteiger partial charge in [0.1, 0.15) is 5.75 Å². The molecule has 2 amide bonds. The molecular weight excluding hydrogens is 408 g/mol. The number of para-hydroxylation sites is 2. The highest BCUT2D eigenvalue weighted by Gasteiger charge is 2.31. The summed E-state index contributed by atoms with van der Waals surface area (Å²) in [7, 11) is -3.88. The quantitative estimate of drug-likeness (QED) is 0.600. The first-order valence-corrected chi connectivity index (χ1v) is 11.0. The number of nitrogens with one attached hydrogen (secondary N) is 2. The van der Waals surface area contributed by atoms with E-state index in [0.717, 1.165) is 6.42 Å². The molecule has 1 aliphatic heterocycles. The highest BCUT2D eigenvalue weighted by atomic mass is 32.2. The van der Waals surface area contributed by atoms with Crippen LogP contribution in [-0.2, 0) is 19.6 Å². The molecule has 0 aromatic heterocycles. The van der Waals surface area contributed by atoms with Crippen molar-refractivity contribution in [2.45, 2.75) is 24.3 Å². The van der Waals surface area contributed by atoms with Gasteiger partial charge in [-0.3, -0.25) is 9.59 Å². The van der Waals surface area contributed by atoms with Crippen LogP contribution < -0.4 is 25.4 Å². The molecule has 0 bridgehead atoms. The largest absolute Gasteiger partial charge is 0.477 e. The predicted molar refractivity (Wildman–Crippen MR) is 113 cm³/mol. The summed E-state index contributed by atoms with van der Waals surface area (Å²) >= 11 is 0. The van der Waals surface area contributed by atoms with Crippen molar-refractivity contribution in [3.05, 3.63) is 48.5 Å². The van der Waals surface area contributed by atoms with Crippen LogP contribution in [0.2, 0.25) is 0 Å². The molecule has 0 saturated carbocycles. The highest BCUT2D eigenvalue weighted by Crippen LogP contribution is 2.33. The molecule has 0 fully saturated rings. The van der Waals surface area contributed by atoms with Crippen molar-refractivity contribution in [1.82, 2.24) is 5.32 Å². The third-order valence-electron chi connectivity index (χ3n) is 4.48. The maximum atomic E-state index is 12.6. The summed E-state index contributed by atoms with van der Waals surface area (Å²) in [5.41, 5.74) is 1.01. The minimum Gasteiger partial charge on any atom is -0.477 e. The molecule has 3 rings (SSSR count). The highest BCUT2D eigenvalue weighted by molar-refractivity contribution is 7.89. The molecule has 10 heteroatoms. The molecule has 160 valence electrons. The van der Waals surface area contributed by atoms with Crippen molar-refractivity contribution in [3.8, 4) is 5.75 Å². The van der Waals surface area contributed by atoms with Gasteiger partial charge in [0.2, 0.25) is 15.9 Å². The van der Waals surface area contributed by atoms with E-state index in [4.69, 9.17) is 9.88 Å². The van der Waals surface area contributed by atoms with Crippen LogP contribution in [-0.4, -0.2) is 46.0 Å². The maximum absolute atomic E-state index is 12.6. The lowest BCUT2D eigenvalue weighted by molar-refractivity contribution is -0.128. The normalized spacial score (nSPS) is 15.7. The Balaban J connectivity index is 1.74. The average molecular weight is 433 g/mol. The summed E-state index contributed by atoms with van der Waals surface area (Å²) in [6.45, 7) is 2.66. The Hall–Kier alpha value is -3.11. The molecule has 1 heterocycles. The summed E-state index contributed by atoms with van der Waals surface area (Å²) in [6.07, 6.45) is 0.0589. The zero-order chi connectivity index (χ0) is 21.7. The molecule has 0 spiro atoms. The summed E-state index contributed by atoms with van der Waals surface area (Å²) in [4.78, 5) is 26.7. The molecule has 0 saturated heterocycles. The zero-order valence-corrected chi connectivity index (χ0v) is 17.3. The van der Waals surface area contributed by atoms with Gasteiger partial charge in [0.05, 0.1) is 23.7 Å².